The molecule has 2 N–H and O–H groups in total. The monoisotopic (exact) mass is 286 g/mol. The minimum atomic E-state index is 0.835. The summed E-state index contributed by atoms with van der Waals surface area (Å²) in [6.45, 7) is 5.92. The van der Waals surface area contributed by atoms with Gasteiger partial charge in [-0.15, -0.1) is 0 Å². The van der Waals surface area contributed by atoms with Crippen LogP contribution in [0.15, 0.2) is 22.7 Å². The van der Waals surface area contributed by atoms with Crippen LogP contribution >= 0.6 is 15.9 Å². The van der Waals surface area contributed by atoms with Gasteiger partial charge in [0.1, 0.15) is 5.75 Å². The number of halogens is 1. The molecule has 0 aliphatic rings. The number of likely N-dealkylation sites (N-methyl/N-ethyl adjacent to an activating group) is 1. The lowest BCUT2D eigenvalue weighted by molar-refractivity contribution is 0.407. The molecule has 0 unspecified atom stereocenters. The molecule has 0 fully saturated rings. The van der Waals surface area contributed by atoms with E-state index in [9.17, 15) is 0 Å². The van der Waals surface area contributed by atoms with Crippen molar-refractivity contribution in [2.45, 2.75) is 13.5 Å². The molecule has 0 aliphatic carbocycles. The Labute approximate surface area is 106 Å². The first-order chi connectivity index (χ1) is 7.77. The highest BCUT2D eigenvalue weighted by Gasteiger charge is 2.02. The molecule has 90 valence electrons. The molecule has 1 aromatic carbocycles. The third-order valence-corrected chi connectivity index (χ3v) is 2.79. The lowest BCUT2D eigenvalue weighted by Gasteiger charge is -2.10. The number of rotatable bonds is 7. The van der Waals surface area contributed by atoms with E-state index >= 15 is 0 Å². The molecule has 0 heterocycles. The fourth-order valence-corrected chi connectivity index (χ4v) is 1.78. The SMILES string of the molecule is CCNCCNCc1ccc(Br)cc1OC. The van der Waals surface area contributed by atoms with Gasteiger partial charge in [0.2, 0.25) is 0 Å². The molecule has 0 bridgehead atoms. The van der Waals surface area contributed by atoms with Crippen LogP contribution in [0.3, 0.4) is 0 Å². The Morgan fingerprint density at radius 3 is 2.69 bits per heavy atom. The highest BCUT2D eigenvalue weighted by molar-refractivity contribution is 9.10. The minimum absolute atomic E-state index is 0.835. The van der Waals surface area contributed by atoms with Gasteiger partial charge < -0.3 is 15.4 Å². The molecule has 4 heteroatoms. The van der Waals surface area contributed by atoms with Gasteiger partial charge in [-0.1, -0.05) is 28.9 Å². The number of nitrogens with one attached hydrogen (secondary N) is 2. The van der Waals surface area contributed by atoms with Crippen molar-refractivity contribution in [2.75, 3.05) is 26.7 Å². The van der Waals surface area contributed by atoms with Crippen molar-refractivity contribution >= 4 is 15.9 Å². The molecule has 0 saturated carbocycles. The largest absolute Gasteiger partial charge is 0.496 e. The molecular formula is C12H19BrN2O. The van der Waals surface area contributed by atoms with Gasteiger partial charge in [0, 0.05) is 29.7 Å². The first kappa shape index (κ1) is 13.5. The molecule has 0 saturated heterocycles. The number of benzene rings is 1. The molecule has 16 heavy (non-hydrogen) atoms. The van der Waals surface area contributed by atoms with Gasteiger partial charge >= 0.3 is 0 Å². The normalized spacial score (nSPS) is 10.4. The van der Waals surface area contributed by atoms with Crippen LogP contribution in [-0.2, 0) is 6.54 Å². The van der Waals surface area contributed by atoms with E-state index in [0.717, 1.165) is 36.4 Å². The third kappa shape index (κ3) is 4.51. The first-order valence-corrected chi connectivity index (χ1v) is 6.31. The summed E-state index contributed by atoms with van der Waals surface area (Å²) >= 11 is 3.43. The maximum Gasteiger partial charge on any atom is 0.124 e. The maximum atomic E-state index is 5.32. The summed E-state index contributed by atoms with van der Waals surface area (Å²) < 4.78 is 6.36. The van der Waals surface area contributed by atoms with Gasteiger partial charge in [-0.3, -0.25) is 0 Å². The van der Waals surface area contributed by atoms with Crippen molar-refractivity contribution in [2.24, 2.45) is 0 Å². The van der Waals surface area contributed by atoms with Crippen molar-refractivity contribution in [3.05, 3.63) is 28.2 Å². The average Bonchev–Trinajstić information content (AvgIpc) is 2.30. The molecule has 1 aromatic rings. The Morgan fingerprint density at radius 1 is 1.25 bits per heavy atom. The van der Waals surface area contributed by atoms with Gasteiger partial charge in [0.05, 0.1) is 7.11 Å². The zero-order valence-corrected chi connectivity index (χ0v) is 11.4. The molecule has 0 aliphatic heterocycles. The smallest absolute Gasteiger partial charge is 0.124 e. The van der Waals surface area contributed by atoms with Crippen molar-refractivity contribution in [3.8, 4) is 5.75 Å². The quantitative estimate of drug-likeness (QED) is 0.754. The lowest BCUT2D eigenvalue weighted by Crippen LogP contribution is -2.26. The minimum Gasteiger partial charge on any atom is -0.496 e. The van der Waals surface area contributed by atoms with Crippen LogP contribution in [0.2, 0.25) is 0 Å². The summed E-state index contributed by atoms with van der Waals surface area (Å²) in [5, 5.41) is 6.64. The van der Waals surface area contributed by atoms with E-state index in [0.29, 0.717) is 0 Å². The Morgan fingerprint density at radius 2 is 2.00 bits per heavy atom. The van der Waals surface area contributed by atoms with Crippen LogP contribution in [0, 0.1) is 0 Å². The molecule has 0 spiro atoms. The van der Waals surface area contributed by atoms with E-state index in [2.05, 4.69) is 39.6 Å². The summed E-state index contributed by atoms with van der Waals surface area (Å²) in [5.74, 6) is 0.922. The second kappa shape index (κ2) is 7.65. The maximum absolute atomic E-state index is 5.32. The standard InChI is InChI=1S/C12H19BrN2O/c1-3-14-6-7-15-9-10-4-5-11(13)8-12(10)16-2/h4-5,8,14-15H,3,6-7,9H2,1-2H3. The summed E-state index contributed by atoms with van der Waals surface area (Å²) in [7, 11) is 1.70. The molecule has 0 atom stereocenters. The second-order valence-electron chi connectivity index (χ2n) is 3.49. The number of hydrogen-bond donors (Lipinski definition) is 2. The van der Waals surface area contributed by atoms with Crippen LogP contribution in [0.25, 0.3) is 0 Å². The zero-order chi connectivity index (χ0) is 11.8. The van der Waals surface area contributed by atoms with Crippen molar-refractivity contribution in [1.82, 2.24) is 10.6 Å². The van der Waals surface area contributed by atoms with Crippen molar-refractivity contribution < 1.29 is 4.74 Å². The molecule has 1 rings (SSSR count). The van der Waals surface area contributed by atoms with Crippen LogP contribution in [0.5, 0.6) is 5.75 Å². The van der Waals surface area contributed by atoms with Gasteiger partial charge in [0.25, 0.3) is 0 Å². The number of methoxy groups -OCH3 is 1. The lowest BCUT2D eigenvalue weighted by atomic mass is 10.2. The predicted molar refractivity (Wildman–Crippen MR) is 70.9 cm³/mol. The van der Waals surface area contributed by atoms with Crippen molar-refractivity contribution in [1.29, 1.82) is 0 Å². The van der Waals surface area contributed by atoms with Crippen LogP contribution < -0.4 is 15.4 Å². The fraction of sp³-hybridized carbons (Fsp3) is 0.500. The summed E-state index contributed by atoms with van der Waals surface area (Å²) in [4.78, 5) is 0. The Kier molecular flexibility index (Phi) is 6.45. The van der Waals surface area contributed by atoms with Crippen LogP contribution in [0.1, 0.15) is 12.5 Å². The predicted octanol–water partition coefficient (Wildman–Crippen LogP) is 2.16. The Bertz CT molecular complexity index is 318. The number of ether oxygens (including phenoxy) is 1. The van der Waals surface area contributed by atoms with E-state index in [4.69, 9.17) is 4.74 Å². The second-order valence-corrected chi connectivity index (χ2v) is 4.40. The highest BCUT2D eigenvalue weighted by Crippen LogP contribution is 2.23. The van der Waals surface area contributed by atoms with E-state index in [1.54, 1.807) is 7.11 Å². The van der Waals surface area contributed by atoms with Gasteiger partial charge in [-0.05, 0) is 18.7 Å². The van der Waals surface area contributed by atoms with Gasteiger partial charge in [0.15, 0.2) is 0 Å². The topological polar surface area (TPSA) is 33.3 Å². The van der Waals surface area contributed by atoms with Gasteiger partial charge in [-0.2, -0.15) is 0 Å². The fourth-order valence-electron chi connectivity index (χ4n) is 1.44. The zero-order valence-electron chi connectivity index (χ0n) is 9.85. The molecule has 0 amide bonds. The van der Waals surface area contributed by atoms with Crippen LogP contribution in [-0.4, -0.2) is 26.7 Å². The Balaban J connectivity index is 2.41. The van der Waals surface area contributed by atoms with Crippen molar-refractivity contribution in [3.63, 3.8) is 0 Å². The molecule has 0 radical (unpaired) electrons. The van der Waals surface area contributed by atoms with Crippen LogP contribution in [0.4, 0.5) is 0 Å². The summed E-state index contributed by atoms with van der Waals surface area (Å²) in [5.41, 5.74) is 1.18. The number of hydrogen-bond acceptors (Lipinski definition) is 3. The highest BCUT2D eigenvalue weighted by atomic mass is 79.9. The van der Waals surface area contributed by atoms with E-state index in [1.165, 1.54) is 5.56 Å². The molecular weight excluding hydrogens is 268 g/mol. The first-order valence-electron chi connectivity index (χ1n) is 5.51. The van der Waals surface area contributed by atoms with E-state index in [1.807, 2.05) is 12.1 Å². The third-order valence-electron chi connectivity index (χ3n) is 2.29. The van der Waals surface area contributed by atoms with E-state index in [-0.39, 0.29) is 0 Å². The Hall–Kier alpha value is -0.580. The summed E-state index contributed by atoms with van der Waals surface area (Å²) in [6, 6.07) is 6.09. The van der Waals surface area contributed by atoms with Gasteiger partial charge in [-0.25, -0.2) is 0 Å². The molecule has 3 nitrogen and oxygen atoms in total. The summed E-state index contributed by atoms with van der Waals surface area (Å²) in [6.07, 6.45) is 0. The van der Waals surface area contributed by atoms with E-state index < -0.39 is 0 Å². The average molecular weight is 287 g/mol. The molecule has 0 aromatic heterocycles.